The minimum atomic E-state index is 0.781. The highest BCUT2D eigenvalue weighted by atomic mass is 16.5. The van der Waals surface area contributed by atoms with Crippen LogP contribution in [0.3, 0.4) is 0 Å². The molecule has 2 heterocycles. The van der Waals surface area contributed by atoms with Crippen LogP contribution >= 0.6 is 0 Å². The minimum absolute atomic E-state index is 0.781. The van der Waals surface area contributed by atoms with Gasteiger partial charge in [-0.1, -0.05) is 0 Å². The molecule has 10 atom stereocenters. The molecule has 4 bridgehead atoms. The molecule has 5 aliphatic carbocycles. The average molecular weight is 160 g/mol. The first kappa shape index (κ1) is 4.99. The van der Waals surface area contributed by atoms with Crippen LogP contribution in [0.15, 0.2) is 0 Å². The second kappa shape index (κ2) is 1.06. The highest BCUT2D eigenvalue weighted by molar-refractivity contribution is 5.34. The van der Waals surface area contributed by atoms with Crippen molar-refractivity contribution in [1.29, 1.82) is 0 Å². The van der Waals surface area contributed by atoms with E-state index >= 15 is 0 Å². The van der Waals surface area contributed by atoms with Crippen LogP contribution in [0.2, 0.25) is 0 Å². The van der Waals surface area contributed by atoms with E-state index in [4.69, 9.17) is 4.74 Å². The Morgan fingerprint density at radius 1 is 0.667 bits per heavy atom. The van der Waals surface area contributed by atoms with Crippen molar-refractivity contribution in [3.05, 3.63) is 0 Å². The Balaban J connectivity index is 1.86. The maximum absolute atomic E-state index is 6.17. The zero-order valence-electron chi connectivity index (χ0n) is 6.89. The third-order valence-electron chi connectivity index (χ3n) is 6.58. The van der Waals surface area contributed by atoms with Crippen molar-refractivity contribution >= 4 is 0 Å². The molecule has 2 aliphatic heterocycles. The zero-order valence-corrected chi connectivity index (χ0v) is 6.89. The van der Waals surface area contributed by atoms with Gasteiger partial charge >= 0.3 is 0 Å². The monoisotopic (exact) mass is 160 g/mol. The fourth-order valence-corrected chi connectivity index (χ4v) is 6.91. The maximum Gasteiger partial charge on any atom is 0.0648 e. The second-order valence-electron chi connectivity index (χ2n) is 6.09. The fraction of sp³-hybridized carbons (Fsp3) is 1.00. The first-order chi connectivity index (χ1) is 5.97. The highest BCUT2D eigenvalue weighted by Crippen LogP contribution is 2.87. The van der Waals surface area contributed by atoms with Gasteiger partial charge in [0.05, 0.1) is 12.2 Å². The minimum Gasteiger partial charge on any atom is -0.374 e. The van der Waals surface area contributed by atoms with Gasteiger partial charge in [-0.2, -0.15) is 0 Å². The van der Waals surface area contributed by atoms with Gasteiger partial charge < -0.3 is 4.74 Å². The predicted octanol–water partition coefficient (Wildman–Crippen LogP) is 1.14. The van der Waals surface area contributed by atoms with Crippen molar-refractivity contribution in [2.24, 2.45) is 47.3 Å². The summed E-state index contributed by atoms with van der Waals surface area (Å²) >= 11 is 0. The van der Waals surface area contributed by atoms with Gasteiger partial charge in [0, 0.05) is 0 Å². The van der Waals surface area contributed by atoms with E-state index in [1.807, 2.05) is 0 Å². The van der Waals surface area contributed by atoms with Crippen molar-refractivity contribution in [2.45, 2.75) is 18.6 Å². The Morgan fingerprint density at radius 3 is 1.83 bits per heavy atom. The summed E-state index contributed by atoms with van der Waals surface area (Å²) in [6, 6.07) is 0. The van der Waals surface area contributed by atoms with Crippen molar-refractivity contribution in [3.63, 3.8) is 0 Å². The van der Waals surface area contributed by atoms with Gasteiger partial charge in [-0.25, -0.2) is 0 Å². The Morgan fingerprint density at radius 2 is 1.25 bits per heavy atom. The lowest BCUT2D eigenvalue weighted by Crippen LogP contribution is -2.43. The van der Waals surface area contributed by atoms with Crippen molar-refractivity contribution < 1.29 is 4.74 Å². The molecule has 0 spiro atoms. The van der Waals surface area contributed by atoms with Gasteiger partial charge in [0.25, 0.3) is 0 Å². The van der Waals surface area contributed by atoms with E-state index in [1.54, 1.807) is 6.42 Å². The molecular formula is C11H12O. The van der Waals surface area contributed by atoms with Crippen LogP contribution in [0.5, 0.6) is 0 Å². The van der Waals surface area contributed by atoms with Gasteiger partial charge in [-0.3, -0.25) is 0 Å². The Labute approximate surface area is 71.5 Å². The predicted molar refractivity (Wildman–Crippen MR) is 41.2 cm³/mol. The van der Waals surface area contributed by atoms with E-state index in [9.17, 15) is 0 Å². The standard InChI is InChI=1S/C11H12O/c1-2-4-5-3(1)7-6(2)10-8(4)9(5)11(7)12-10/h2-11H,1H2/t2-,3-,4-,5+,6+,7-,8+,9+,10+,11+/m0/s1. The van der Waals surface area contributed by atoms with E-state index in [0.29, 0.717) is 0 Å². The molecule has 7 aliphatic rings. The molecule has 5 saturated carbocycles. The molecule has 1 heteroatoms. The van der Waals surface area contributed by atoms with Gasteiger partial charge in [-0.15, -0.1) is 0 Å². The number of rotatable bonds is 0. The molecule has 2 saturated heterocycles. The van der Waals surface area contributed by atoms with Gasteiger partial charge in [0.2, 0.25) is 0 Å². The molecule has 1 nitrogen and oxygen atoms in total. The number of hydrogen-bond donors (Lipinski definition) is 0. The van der Waals surface area contributed by atoms with Crippen LogP contribution in [0.1, 0.15) is 6.42 Å². The quantitative estimate of drug-likeness (QED) is 0.516. The molecule has 0 amide bonds. The molecule has 0 aromatic heterocycles. The lowest BCUT2D eigenvalue weighted by Gasteiger charge is -2.43. The lowest BCUT2D eigenvalue weighted by atomic mass is 9.60. The van der Waals surface area contributed by atoms with E-state index < -0.39 is 0 Å². The van der Waals surface area contributed by atoms with Crippen LogP contribution < -0.4 is 0 Å². The topological polar surface area (TPSA) is 9.23 Å². The van der Waals surface area contributed by atoms with Gasteiger partial charge in [-0.05, 0) is 53.8 Å². The summed E-state index contributed by atoms with van der Waals surface area (Å²) in [4.78, 5) is 0. The normalized spacial score (nSPS) is 94.0. The highest BCUT2D eigenvalue weighted by Gasteiger charge is 2.87. The van der Waals surface area contributed by atoms with Crippen molar-refractivity contribution in [3.8, 4) is 0 Å². The molecule has 62 valence electrons. The van der Waals surface area contributed by atoms with Crippen molar-refractivity contribution in [2.75, 3.05) is 0 Å². The Hall–Kier alpha value is -0.0400. The van der Waals surface area contributed by atoms with Crippen LogP contribution in [-0.4, -0.2) is 12.2 Å². The van der Waals surface area contributed by atoms with Crippen LogP contribution in [-0.2, 0) is 4.74 Å². The zero-order chi connectivity index (χ0) is 7.19. The smallest absolute Gasteiger partial charge is 0.0648 e. The summed E-state index contributed by atoms with van der Waals surface area (Å²) in [7, 11) is 0. The SMILES string of the molecule is C1[C@H]2[C@@H]3[C@@H]4[C@H]1[C@H]1[C@H]5O[C@@H]([C@H]3[C@H]54)[C@@H]21. The largest absolute Gasteiger partial charge is 0.374 e. The molecule has 0 unspecified atom stereocenters. The summed E-state index contributed by atoms with van der Waals surface area (Å²) in [5.41, 5.74) is 0. The Bertz CT molecular complexity index is 246. The van der Waals surface area contributed by atoms with E-state index in [0.717, 1.165) is 47.7 Å². The summed E-state index contributed by atoms with van der Waals surface area (Å²) in [6.07, 6.45) is 3.18. The van der Waals surface area contributed by atoms with Crippen LogP contribution in [0.25, 0.3) is 0 Å². The van der Waals surface area contributed by atoms with Crippen LogP contribution in [0, 0.1) is 47.3 Å². The molecule has 0 aromatic rings. The molecule has 0 aromatic carbocycles. The van der Waals surface area contributed by atoms with Gasteiger partial charge in [0.15, 0.2) is 0 Å². The second-order valence-corrected chi connectivity index (χ2v) is 6.09. The number of ether oxygens (including phenoxy) is 1. The van der Waals surface area contributed by atoms with E-state index in [-0.39, 0.29) is 0 Å². The van der Waals surface area contributed by atoms with E-state index in [1.165, 1.54) is 11.8 Å². The lowest BCUT2D eigenvalue weighted by molar-refractivity contribution is 0.0368. The maximum atomic E-state index is 6.17. The third-order valence-corrected chi connectivity index (χ3v) is 6.58. The molecule has 0 N–H and O–H groups in total. The van der Waals surface area contributed by atoms with Crippen molar-refractivity contribution in [1.82, 2.24) is 0 Å². The summed E-state index contributed by atoms with van der Waals surface area (Å²) < 4.78 is 6.17. The van der Waals surface area contributed by atoms with Gasteiger partial charge in [0.1, 0.15) is 0 Å². The summed E-state index contributed by atoms with van der Waals surface area (Å²) in [5, 5.41) is 0. The third kappa shape index (κ3) is 0.222. The first-order valence-corrected chi connectivity index (χ1v) is 5.62. The summed E-state index contributed by atoms with van der Waals surface area (Å²) in [6.45, 7) is 0. The molecular weight excluding hydrogens is 148 g/mol. The fourth-order valence-electron chi connectivity index (χ4n) is 6.91. The molecule has 7 fully saturated rings. The summed E-state index contributed by atoms with van der Waals surface area (Å²) in [5.74, 6) is 8.98. The molecule has 7 rings (SSSR count). The van der Waals surface area contributed by atoms with Crippen LogP contribution in [0.4, 0.5) is 0 Å². The molecule has 0 radical (unpaired) electrons. The first-order valence-electron chi connectivity index (χ1n) is 5.62. The molecule has 12 heavy (non-hydrogen) atoms. The Kier molecular flexibility index (Phi) is 0.443. The average Bonchev–Trinajstić information content (AvgIpc) is 2.51. The number of hydrogen-bond acceptors (Lipinski definition) is 1. The van der Waals surface area contributed by atoms with E-state index in [2.05, 4.69) is 0 Å².